The Hall–Kier alpha value is -1.66. The van der Waals surface area contributed by atoms with Crippen LogP contribution in [0.15, 0.2) is 24.3 Å². The second-order valence-corrected chi connectivity index (χ2v) is 21.0. The Bertz CT molecular complexity index is 1060. The summed E-state index contributed by atoms with van der Waals surface area (Å²) in [4.78, 5) is 24.6. The largest absolute Gasteiger partial charge is 0.466 e. The first-order valence-electron chi connectivity index (χ1n) is 30.6. The highest BCUT2D eigenvalue weighted by molar-refractivity contribution is 5.76. The Morgan fingerprint density at radius 3 is 1.15 bits per heavy atom. The number of nitrogens with one attached hydrogen (secondary N) is 1. The van der Waals surface area contributed by atoms with Crippen molar-refractivity contribution in [1.82, 2.24) is 5.32 Å². The normalized spacial score (nSPS) is 12.7. The van der Waals surface area contributed by atoms with E-state index in [0.29, 0.717) is 25.9 Å². The van der Waals surface area contributed by atoms with Gasteiger partial charge in [-0.25, -0.2) is 0 Å². The fourth-order valence-corrected chi connectivity index (χ4v) is 9.55. The van der Waals surface area contributed by atoms with Gasteiger partial charge < -0.3 is 20.3 Å². The van der Waals surface area contributed by atoms with Gasteiger partial charge in [0.1, 0.15) is 0 Å². The second kappa shape index (κ2) is 57.9. The van der Waals surface area contributed by atoms with Gasteiger partial charge in [0.2, 0.25) is 5.91 Å². The van der Waals surface area contributed by atoms with Crippen LogP contribution in [-0.2, 0) is 14.3 Å². The van der Waals surface area contributed by atoms with Gasteiger partial charge >= 0.3 is 5.97 Å². The van der Waals surface area contributed by atoms with Crippen LogP contribution in [-0.4, -0.2) is 47.4 Å². The van der Waals surface area contributed by atoms with Crippen molar-refractivity contribution in [1.29, 1.82) is 0 Å². The van der Waals surface area contributed by atoms with E-state index in [4.69, 9.17) is 4.74 Å². The molecule has 402 valence electrons. The number of carbonyl (C=O) groups excluding carboxylic acids is 2. The SMILES string of the molecule is CCCCC/C=C\C/C=C\CCCCCCCCCC(=O)OCCCCCCCCCCCCCCCCCCC(=O)NC(CO)C(O)CCCCCCCCCCCCCCCCCCCC. The molecule has 0 aliphatic carbocycles. The molecule has 0 aromatic rings. The molecule has 6 heteroatoms. The highest BCUT2D eigenvalue weighted by Gasteiger charge is 2.20. The zero-order chi connectivity index (χ0) is 49.3. The third kappa shape index (κ3) is 53.7. The highest BCUT2D eigenvalue weighted by Crippen LogP contribution is 2.18. The van der Waals surface area contributed by atoms with Crippen molar-refractivity contribution in [3.8, 4) is 0 Å². The molecule has 0 aromatic heterocycles. The molecule has 3 N–H and O–H groups in total. The number of amides is 1. The summed E-state index contributed by atoms with van der Waals surface area (Å²) in [7, 11) is 0. The Morgan fingerprint density at radius 1 is 0.412 bits per heavy atom. The molecular weight excluding hydrogens is 839 g/mol. The van der Waals surface area contributed by atoms with Gasteiger partial charge in [-0.1, -0.05) is 289 Å². The van der Waals surface area contributed by atoms with E-state index in [1.54, 1.807) is 0 Å². The predicted octanol–water partition coefficient (Wildman–Crippen LogP) is 19.0. The van der Waals surface area contributed by atoms with Gasteiger partial charge in [-0.15, -0.1) is 0 Å². The Balaban J connectivity index is 3.42. The molecule has 1 amide bonds. The van der Waals surface area contributed by atoms with Crippen LogP contribution in [0.3, 0.4) is 0 Å². The number of hydrogen-bond donors (Lipinski definition) is 3. The van der Waals surface area contributed by atoms with E-state index in [-0.39, 0.29) is 18.5 Å². The van der Waals surface area contributed by atoms with E-state index in [0.717, 1.165) is 51.4 Å². The van der Waals surface area contributed by atoms with Crippen molar-refractivity contribution in [2.45, 2.75) is 347 Å². The average molecular weight is 959 g/mol. The quantitative estimate of drug-likeness (QED) is 0.0321. The molecule has 0 rings (SSSR count). The van der Waals surface area contributed by atoms with Crippen molar-refractivity contribution in [3.63, 3.8) is 0 Å². The number of rotatable bonds is 57. The summed E-state index contributed by atoms with van der Waals surface area (Å²) >= 11 is 0. The lowest BCUT2D eigenvalue weighted by Gasteiger charge is -2.22. The average Bonchev–Trinajstić information content (AvgIpc) is 3.34. The molecule has 0 aromatic carbocycles. The maximum absolute atomic E-state index is 12.5. The molecule has 0 saturated heterocycles. The Kier molecular flexibility index (Phi) is 56.5. The summed E-state index contributed by atoms with van der Waals surface area (Å²) in [5, 5.41) is 23.3. The number of unbranched alkanes of at least 4 members (excludes halogenated alkanes) is 42. The Labute approximate surface area is 424 Å². The summed E-state index contributed by atoms with van der Waals surface area (Å²) < 4.78 is 5.48. The van der Waals surface area contributed by atoms with E-state index in [1.165, 1.54) is 250 Å². The number of ether oxygens (including phenoxy) is 1. The van der Waals surface area contributed by atoms with E-state index < -0.39 is 12.1 Å². The van der Waals surface area contributed by atoms with Gasteiger partial charge in [0.05, 0.1) is 25.4 Å². The minimum atomic E-state index is -0.670. The van der Waals surface area contributed by atoms with Crippen molar-refractivity contribution in [2.24, 2.45) is 0 Å². The fraction of sp³-hybridized carbons (Fsp3) is 0.903. The smallest absolute Gasteiger partial charge is 0.305 e. The van der Waals surface area contributed by atoms with Crippen molar-refractivity contribution >= 4 is 11.9 Å². The van der Waals surface area contributed by atoms with Crippen LogP contribution < -0.4 is 5.32 Å². The summed E-state index contributed by atoms with van der Waals surface area (Å²) in [6.07, 6.45) is 70.3. The van der Waals surface area contributed by atoms with Crippen LogP contribution in [0.5, 0.6) is 0 Å². The molecule has 0 bridgehead atoms. The summed E-state index contributed by atoms with van der Waals surface area (Å²) in [5.41, 5.74) is 0. The first-order chi connectivity index (χ1) is 33.5. The molecule has 0 aliphatic heterocycles. The number of aliphatic hydroxyl groups is 2. The predicted molar refractivity (Wildman–Crippen MR) is 296 cm³/mol. The molecule has 2 atom stereocenters. The monoisotopic (exact) mass is 958 g/mol. The van der Waals surface area contributed by atoms with E-state index in [2.05, 4.69) is 43.5 Å². The zero-order valence-corrected chi connectivity index (χ0v) is 45.9. The molecule has 6 nitrogen and oxygen atoms in total. The summed E-state index contributed by atoms with van der Waals surface area (Å²) in [6.45, 7) is 4.93. The fourth-order valence-electron chi connectivity index (χ4n) is 9.55. The minimum absolute atomic E-state index is 0.00388. The van der Waals surface area contributed by atoms with Crippen LogP contribution in [0.25, 0.3) is 0 Å². The third-order valence-electron chi connectivity index (χ3n) is 14.3. The van der Waals surface area contributed by atoms with Gasteiger partial charge in [0.25, 0.3) is 0 Å². The van der Waals surface area contributed by atoms with Crippen molar-refractivity contribution < 1.29 is 24.5 Å². The highest BCUT2D eigenvalue weighted by atomic mass is 16.5. The van der Waals surface area contributed by atoms with Crippen LogP contribution in [0.4, 0.5) is 0 Å². The standard InChI is InChI=1S/C62H119NO5/c1-3-5-7-9-11-13-15-17-19-21-23-26-30-34-38-42-46-50-54-60(65)59(58-64)63-61(66)55-51-47-43-39-35-31-27-24-25-29-33-37-41-45-49-53-57-68-62(67)56-52-48-44-40-36-32-28-22-20-18-16-14-12-10-8-6-4-2/h12,14,18,20,59-60,64-65H,3-11,13,15-17,19,21-58H2,1-2H3,(H,63,66)/b14-12-,20-18-. The topological polar surface area (TPSA) is 95.9 Å². The van der Waals surface area contributed by atoms with Gasteiger partial charge in [0.15, 0.2) is 0 Å². The lowest BCUT2D eigenvalue weighted by Crippen LogP contribution is -2.45. The van der Waals surface area contributed by atoms with Gasteiger partial charge in [-0.3, -0.25) is 9.59 Å². The first-order valence-corrected chi connectivity index (χ1v) is 30.6. The van der Waals surface area contributed by atoms with Crippen LogP contribution in [0, 0.1) is 0 Å². The van der Waals surface area contributed by atoms with Crippen molar-refractivity contribution in [2.75, 3.05) is 13.2 Å². The molecule has 0 spiro atoms. The minimum Gasteiger partial charge on any atom is -0.466 e. The summed E-state index contributed by atoms with van der Waals surface area (Å²) in [5.74, 6) is -0.0432. The maximum atomic E-state index is 12.5. The molecule has 0 radical (unpaired) electrons. The number of esters is 1. The number of aliphatic hydroxyl groups excluding tert-OH is 2. The molecule has 0 fully saturated rings. The first kappa shape index (κ1) is 66.3. The van der Waals surface area contributed by atoms with Crippen LogP contribution >= 0.6 is 0 Å². The molecular formula is C62H119NO5. The lowest BCUT2D eigenvalue weighted by atomic mass is 10.0. The lowest BCUT2D eigenvalue weighted by molar-refractivity contribution is -0.143. The van der Waals surface area contributed by atoms with Crippen molar-refractivity contribution in [3.05, 3.63) is 24.3 Å². The van der Waals surface area contributed by atoms with E-state index in [9.17, 15) is 19.8 Å². The maximum Gasteiger partial charge on any atom is 0.305 e. The second-order valence-electron chi connectivity index (χ2n) is 21.0. The molecule has 0 aliphatic rings. The summed E-state index contributed by atoms with van der Waals surface area (Å²) in [6, 6.07) is -0.547. The van der Waals surface area contributed by atoms with E-state index >= 15 is 0 Å². The number of allylic oxidation sites excluding steroid dienone is 4. The molecule has 0 saturated carbocycles. The van der Waals surface area contributed by atoms with Gasteiger partial charge in [-0.2, -0.15) is 0 Å². The van der Waals surface area contributed by atoms with E-state index in [1.807, 2.05) is 0 Å². The Morgan fingerprint density at radius 2 is 0.735 bits per heavy atom. The zero-order valence-electron chi connectivity index (χ0n) is 45.9. The number of hydrogen-bond acceptors (Lipinski definition) is 5. The van der Waals surface area contributed by atoms with Crippen LogP contribution in [0.2, 0.25) is 0 Å². The molecule has 2 unspecified atom stereocenters. The van der Waals surface area contributed by atoms with Gasteiger partial charge in [0, 0.05) is 12.8 Å². The molecule has 68 heavy (non-hydrogen) atoms. The van der Waals surface area contributed by atoms with Gasteiger partial charge in [-0.05, 0) is 57.8 Å². The van der Waals surface area contributed by atoms with Crippen LogP contribution in [0.1, 0.15) is 335 Å². The third-order valence-corrected chi connectivity index (χ3v) is 14.3. The molecule has 0 heterocycles. The number of carbonyl (C=O) groups is 2.